The van der Waals surface area contributed by atoms with E-state index in [2.05, 4.69) is 0 Å². The van der Waals surface area contributed by atoms with E-state index in [1.54, 1.807) is 0 Å². The fourth-order valence-corrected chi connectivity index (χ4v) is 3.18. The molecule has 0 atom stereocenters. The zero-order chi connectivity index (χ0) is 9.95. The van der Waals surface area contributed by atoms with Crippen LogP contribution >= 0.6 is 11.6 Å². The van der Waals surface area contributed by atoms with Crippen LogP contribution in [0.5, 0.6) is 0 Å². The lowest BCUT2D eigenvalue weighted by Gasteiger charge is -2.25. The summed E-state index contributed by atoms with van der Waals surface area (Å²) in [5, 5.41) is 0. The average Bonchev–Trinajstić information content (AvgIpc) is 2.49. The molecule has 0 amide bonds. The zero-order valence-corrected chi connectivity index (χ0v) is 9.62. The van der Waals surface area contributed by atoms with E-state index < -0.39 is 9.84 Å². The number of hydrogen-bond donors (Lipinski definition) is 0. The number of alkyl halides is 1. The van der Waals surface area contributed by atoms with Crippen molar-refractivity contribution in [2.75, 3.05) is 17.9 Å². The third-order valence-corrected chi connectivity index (χ3v) is 4.46. The molecule has 1 aliphatic carbocycles. The van der Waals surface area contributed by atoms with Crippen molar-refractivity contribution in [3.63, 3.8) is 0 Å². The molecule has 0 aromatic heterocycles. The molecule has 0 radical (unpaired) electrons. The third kappa shape index (κ3) is 3.47. The van der Waals surface area contributed by atoms with Crippen molar-refractivity contribution >= 4 is 21.4 Å². The first-order valence-corrected chi connectivity index (χ1v) is 7.31. The van der Waals surface area contributed by atoms with Crippen LogP contribution in [-0.4, -0.2) is 26.3 Å². The van der Waals surface area contributed by atoms with Gasteiger partial charge < -0.3 is 0 Å². The Morgan fingerprint density at radius 1 is 1.31 bits per heavy atom. The van der Waals surface area contributed by atoms with Gasteiger partial charge in [0, 0.05) is 12.1 Å². The Morgan fingerprint density at radius 3 is 2.23 bits per heavy atom. The lowest BCUT2D eigenvalue weighted by atomic mass is 9.86. The molecule has 13 heavy (non-hydrogen) atoms. The van der Waals surface area contributed by atoms with E-state index in [0.29, 0.717) is 11.6 Å². The number of rotatable bonds is 4. The lowest BCUT2D eigenvalue weighted by molar-refractivity contribution is 0.330. The zero-order valence-electron chi connectivity index (χ0n) is 8.05. The van der Waals surface area contributed by atoms with Crippen LogP contribution in [0.3, 0.4) is 0 Å². The fourth-order valence-electron chi connectivity index (χ4n) is 1.98. The average molecular weight is 225 g/mol. The molecule has 0 saturated heterocycles. The van der Waals surface area contributed by atoms with Crippen molar-refractivity contribution in [1.82, 2.24) is 0 Å². The maximum absolute atomic E-state index is 11.0. The van der Waals surface area contributed by atoms with Gasteiger partial charge in [-0.1, -0.05) is 12.8 Å². The summed E-state index contributed by atoms with van der Waals surface area (Å²) >= 11 is 5.90. The molecule has 0 spiro atoms. The number of halogens is 1. The number of hydrogen-bond acceptors (Lipinski definition) is 2. The molecule has 1 rings (SSSR count). The molecule has 4 heteroatoms. The summed E-state index contributed by atoms with van der Waals surface area (Å²) in [4.78, 5) is 0. The van der Waals surface area contributed by atoms with Crippen LogP contribution in [0, 0.1) is 5.41 Å². The maximum Gasteiger partial charge on any atom is 0.147 e. The molecule has 2 nitrogen and oxygen atoms in total. The molecule has 0 aliphatic heterocycles. The summed E-state index contributed by atoms with van der Waals surface area (Å²) in [6.45, 7) is 0. The quantitative estimate of drug-likeness (QED) is 0.687. The van der Waals surface area contributed by atoms with Gasteiger partial charge in [-0.3, -0.25) is 0 Å². The van der Waals surface area contributed by atoms with Crippen molar-refractivity contribution in [2.45, 2.75) is 32.1 Å². The second-order valence-corrected chi connectivity index (χ2v) is 6.75. The monoisotopic (exact) mass is 224 g/mol. The highest BCUT2D eigenvalue weighted by molar-refractivity contribution is 7.90. The first kappa shape index (κ1) is 11.3. The SMILES string of the molecule is CS(=O)(=O)CCC1(CCl)CCCC1. The Labute approximate surface area is 85.6 Å². The van der Waals surface area contributed by atoms with E-state index in [-0.39, 0.29) is 5.41 Å². The summed E-state index contributed by atoms with van der Waals surface area (Å²) < 4.78 is 22.0. The molecule has 0 bridgehead atoms. The van der Waals surface area contributed by atoms with E-state index in [4.69, 9.17) is 11.6 Å². The standard InChI is InChI=1S/C9H17ClO2S/c1-13(11,12)7-6-9(8-10)4-2-3-5-9/h2-8H2,1H3. The van der Waals surface area contributed by atoms with Crippen molar-refractivity contribution in [2.24, 2.45) is 5.41 Å². The van der Waals surface area contributed by atoms with Gasteiger partial charge in [-0.2, -0.15) is 0 Å². The van der Waals surface area contributed by atoms with Crippen LogP contribution in [0.4, 0.5) is 0 Å². The van der Waals surface area contributed by atoms with E-state index in [0.717, 1.165) is 19.3 Å². The van der Waals surface area contributed by atoms with E-state index in [9.17, 15) is 8.42 Å². The summed E-state index contributed by atoms with van der Waals surface area (Å²) in [6, 6.07) is 0. The van der Waals surface area contributed by atoms with Crippen molar-refractivity contribution in [3.8, 4) is 0 Å². The highest BCUT2D eigenvalue weighted by atomic mass is 35.5. The molecule has 0 aromatic rings. The topological polar surface area (TPSA) is 34.1 Å². The summed E-state index contributed by atoms with van der Waals surface area (Å²) in [5.41, 5.74) is 0.130. The third-order valence-electron chi connectivity index (χ3n) is 2.95. The fraction of sp³-hybridized carbons (Fsp3) is 1.00. The van der Waals surface area contributed by atoms with Crippen molar-refractivity contribution in [3.05, 3.63) is 0 Å². The van der Waals surface area contributed by atoms with Gasteiger partial charge in [-0.25, -0.2) is 8.42 Å². The minimum Gasteiger partial charge on any atom is -0.229 e. The summed E-state index contributed by atoms with van der Waals surface area (Å²) in [5.74, 6) is 0.905. The predicted octanol–water partition coefficient (Wildman–Crippen LogP) is 2.22. The Hall–Kier alpha value is 0.240. The Bertz CT molecular complexity index is 253. The molecule has 78 valence electrons. The highest BCUT2D eigenvalue weighted by Gasteiger charge is 2.33. The summed E-state index contributed by atoms with van der Waals surface area (Å²) in [7, 11) is -2.82. The van der Waals surface area contributed by atoms with Crippen LogP contribution in [0.15, 0.2) is 0 Å². The van der Waals surface area contributed by atoms with E-state index in [1.807, 2.05) is 0 Å². The minimum absolute atomic E-state index is 0.130. The molecule has 1 aliphatic rings. The van der Waals surface area contributed by atoms with Crippen LogP contribution in [0.2, 0.25) is 0 Å². The van der Waals surface area contributed by atoms with E-state index in [1.165, 1.54) is 19.1 Å². The first-order valence-electron chi connectivity index (χ1n) is 4.71. The van der Waals surface area contributed by atoms with Gasteiger partial charge >= 0.3 is 0 Å². The van der Waals surface area contributed by atoms with Crippen LogP contribution in [-0.2, 0) is 9.84 Å². The van der Waals surface area contributed by atoms with Crippen molar-refractivity contribution < 1.29 is 8.42 Å². The molecule has 0 N–H and O–H groups in total. The van der Waals surface area contributed by atoms with Gasteiger partial charge in [-0.05, 0) is 24.7 Å². The highest BCUT2D eigenvalue weighted by Crippen LogP contribution is 2.42. The second kappa shape index (κ2) is 4.18. The van der Waals surface area contributed by atoms with E-state index >= 15 is 0 Å². The molecule has 1 saturated carbocycles. The predicted molar refractivity (Wildman–Crippen MR) is 55.9 cm³/mol. The number of sulfone groups is 1. The maximum atomic E-state index is 11.0. The van der Waals surface area contributed by atoms with Gasteiger partial charge in [0.25, 0.3) is 0 Å². The molecule has 0 aromatic carbocycles. The van der Waals surface area contributed by atoms with Crippen molar-refractivity contribution in [1.29, 1.82) is 0 Å². The van der Waals surface area contributed by atoms with Gasteiger partial charge in [0.1, 0.15) is 9.84 Å². The molecular formula is C9H17ClO2S. The minimum atomic E-state index is -2.82. The Morgan fingerprint density at radius 2 is 1.85 bits per heavy atom. The molecule has 1 fully saturated rings. The smallest absolute Gasteiger partial charge is 0.147 e. The normalized spacial score (nSPS) is 22.0. The molecule has 0 unspecified atom stereocenters. The van der Waals surface area contributed by atoms with Crippen LogP contribution in [0.25, 0.3) is 0 Å². The van der Waals surface area contributed by atoms with Gasteiger partial charge in [-0.15, -0.1) is 11.6 Å². The van der Waals surface area contributed by atoms with Gasteiger partial charge in [0.05, 0.1) is 5.75 Å². The van der Waals surface area contributed by atoms with Crippen LogP contribution in [0.1, 0.15) is 32.1 Å². The summed E-state index contributed by atoms with van der Waals surface area (Å²) in [6.07, 6.45) is 6.66. The first-order chi connectivity index (χ1) is 5.97. The largest absolute Gasteiger partial charge is 0.229 e. The van der Waals surface area contributed by atoms with Gasteiger partial charge in [0.2, 0.25) is 0 Å². The lowest BCUT2D eigenvalue weighted by Crippen LogP contribution is -2.22. The molecular weight excluding hydrogens is 208 g/mol. The van der Waals surface area contributed by atoms with Crippen LogP contribution < -0.4 is 0 Å². The Kier molecular flexibility index (Phi) is 3.64. The van der Waals surface area contributed by atoms with Gasteiger partial charge in [0.15, 0.2) is 0 Å². The molecule has 0 heterocycles. The second-order valence-electron chi connectivity index (χ2n) is 4.22. The Balaban J connectivity index is 2.50.